The number of carbonyl (C=O) groups excluding carboxylic acids is 2. The number of hydrogen-bond donors (Lipinski definition) is 4. The number of benzene rings is 1. The third kappa shape index (κ3) is 5.83. The van der Waals surface area contributed by atoms with E-state index in [0.717, 1.165) is 25.7 Å². The number of anilines is 1. The molecule has 0 aromatic heterocycles. The third-order valence-electron chi connectivity index (χ3n) is 5.44. The Bertz CT molecular complexity index is 683. The SMILES string of the molecule is O=C(Nc1cccc(Cl)c1)N[C@H]1CC[C@@H](CCNC(=O)C2CCC2)O[C@@H]1CO. The molecular formula is C20H28ClN3O4. The van der Waals surface area contributed by atoms with Crippen LogP contribution in [0.1, 0.15) is 38.5 Å². The Labute approximate surface area is 170 Å². The van der Waals surface area contributed by atoms with Crippen molar-refractivity contribution in [3.05, 3.63) is 29.3 Å². The predicted molar refractivity (Wildman–Crippen MR) is 107 cm³/mol. The summed E-state index contributed by atoms with van der Waals surface area (Å²) < 4.78 is 5.94. The van der Waals surface area contributed by atoms with Crippen LogP contribution in [0, 0.1) is 5.92 Å². The Morgan fingerprint density at radius 3 is 2.71 bits per heavy atom. The summed E-state index contributed by atoms with van der Waals surface area (Å²) in [6.07, 6.45) is 4.79. The van der Waals surface area contributed by atoms with Crippen LogP contribution in [0.25, 0.3) is 0 Å². The van der Waals surface area contributed by atoms with E-state index in [1.54, 1.807) is 24.3 Å². The van der Waals surface area contributed by atoms with Crippen molar-refractivity contribution < 1.29 is 19.4 Å². The molecule has 3 rings (SSSR count). The zero-order valence-corrected chi connectivity index (χ0v) is 16.6. The molecule has 1 aromatic rings. The first-order chi connectivity index (χ1) is 13.5. The van der Waals surface area contributed by atoms with Crippen molar-refractivity contribution in [2.75, 3.05) is 18.5 Å². The molecule has 1 saturated heterocycles. The molecule has 0 spiro atoms. The summed E-state index contributed by atoms with van der Waals surface area (Å²) in [6, 6.07) is 6.27. The van der Waals surface area contributed by atoms with Gasteiger partial charge in [-0.05, 0) is 50.3 Å². The van der Waals surface area contributed by atoms with Gasteiger partial charge in [-0.3, -0.25) is 4.79 Å². The molecule has 2 aliphatic rings. The molecule has 154 valence electrons. The molecule has 0 bridgehead atoms. The zero-order chi connectivity index (χ0) is 19.9. The fourth-order valence-corrected chi connectivity index (χ4v) is 3.77. The first kappa shape index (κ1) is 20.9. The molecule has 1 heterocycles. The van der Waals surface area contributed by atoms with E-state index >= 15 is 0 Å². The topological polar surface area (TPSA) is 99.7 Å². The van der Waals surface area contributed by atoms with E-state index in [4.69, 9.17) is 16.3 Å². The van der Waals surface area contributed by atoms with Gasteiger partial charge in [0.2, 0.25) is 5.91 Å². The Morgan fingerprint density at radius 1 is 1.21 bits per heavy atom. The standard InChI is InChI=1S/C20H28ClN3O4/c21-14-5-2-6-15(11-14)23-20(27)24-17-8-7-16(28-18(17)12-25)9-10-22-19(26)13-3-1-4-13/h2,5-6,11,13,16-18,25H,1,3-4,7-10,12H2,(H,22,26)(H2,23,24,27)/t16-,17-,18+/m0/s1. The van der Waals surface area contributed by atoms with Crippen LogP contribution in [0.2, 0.25) is 5.02 Å². The second-order valence-electron chi connectivity index (χ2n) is 7.48. The van der Waals surface area contributed by atoms with Crippen LogP contribution in [-0.4, -0.2) is 48.4 Å². The lowest BCUT2D eigenvalue weighted by molar-refractivity contribution is -0.127. The van der Waals surface area contributed by atoms with E-state index in [2.05, 4.69) is 16.0 Å². The largest absolute Gasteiger partial charge is 0.394 e. The lowest BCUT2D eigenvalue weighted by Crippen LogP contribution is -2.52. The summed E-state index contributed by atoms with van der Waals surface area (Å²) >= 11 is 5.92. The van der Waals surface area contributed by atoms with Crippen molar-refractivity contribution in [1.82, 2.24) is 10.6 Å². The number of carbonyl (C=O) groups is 2. The molecule has 0 radical (unpaired) electrons. The zero-order valence-electron chi connectivity index (χ0n) is 15.8. The quantitative estimate of drug-likeness (QED) is 0.556. The number of hydrogen-bond acceptors (Lipinski definition) is 4. The fraction of sp³-hybridized carbons (Fsp3) is 0.600. The summed E-state index contributed by atoms with van der Waals surface area (Å²) in [7, 11) is 0. The van der Waals surface area contributed by atoms with Crippen LogP contribution >= 0.6 is 11.6 Å². The van der Waals surface area contributed by atoms with Crippen LogP contribution in [0.4, 0.5) is 10.5 Å². The minimum absolute atomic E-state index is 0.0344. The maximum atomic E-state index is 12.2. The molecule has 1 saturated carbocycles. The van der Waals surface area contributed by atoms with E-state index in [0.29, 0.717) is 30.1 Å². The van der Waals surface area contributed by atoms with Gasteiger partial charge in [0.25, 0.3) is 0 Å². The van der Waals surface area contributed by atoms with Crippen molar-refractivity contribution in [3.63, 3.8) is 0 Å². The number of halogens is 1. The van der Waals surface area contributed by atoms with Gasteiger partial charge in [-0.1, -0.05) is 24.1 Å². The van der Waals surface area contributed by atoms with Crippen LogP contribution in [0.15, 0.2) is 24.3 Å². The van der Waals surface area contributed by atoms with Gasteiger partial charge in [0.15, 0.2) is 0 Å². The number of nitrogens with one attached hydrogen (secondary N) is 3. The molecule has 3 atom stereocenters. The second kappa shape index (κ2) is 10.1. The molecule has 3 amide bonds. The van der Waals surface area contributed by atoms with Gasteiger partial charge in [0, 0.05) is 23.2 Å². The normalized spacial score (nSPS) is 24.9. The Morgan fingerprint density at radius 2 is 2.04 bits per heavy atom. The van der Waals surface area contributed by atoms with Gasteiger partial charge < -0.3 is 25.8 Å². The number of aliphatic hydroxyl groups excluding tert-OH is 1. The number of aliphatic hydroxyl groups is 1. The maximum Gasteiger partial charge on any atom is 0.319 e. The average Bonchev–Trinajstić information content (AvgIpc) is 2.61. The Balaban J connectivity index is 1.40. The number of rotatable bonds is 7. The maximum absolute atomic E-state index is 12.2. The molecule has 2 fully saturated rings. The molecular weight excluding hydrogens is 382 g/mol. The van der Waals surface area contributed by atoms with Crippen LogP contribution in [0.5, 0.6) is 0 Å². The highest BCUT2D eigenvalue weighted by Crippen LogP contribution is 2.26. The number of amides is 3. The summed E-state index contributed by atoms with van der Waals surface area (Å²) in [5, 5.41) is 18.8. The smallest absolute Gasteiger partial charge is 0.319 e. The lowest BCUT2D eigenvalue weighted by Gasteiger charge is -2.36. The summed E-state index contributed by atoms with van der Waals surface area (Å²) in [5.74, 6) is 0.321. The third-order valence-corrected chi connectivity index (χ3v) is 5.67. The minimum atomic E-state index is -0.466. The Kier molecular flexibility index (Phi) is 7.53. The van der Waals surface area contributed by atoms with Crippen LogP contribution < -0.4 is 16.0 Å². The van der Waals surface area contributed by atoms with E-state index in [9.17, 15) is 14.7 Å². The summed E-state index contributed by atoms with van der Waals surface area (Å²) in [6.45, 7) is 0.401. The second-order valence-corrected chi connectivity index (χ2v) is 7.92. The highest BCUT2D eigenvalue weighted by molar-refractivity contribution is 6.30. The van der Waals surface area contributed by atoms with E-state index in [1.807, 2.05) is 0 Å². The van der Waals surface area contributed by atoms with E-state index in [-0.39, 0.29) is 36.6 Å². The highest BCUT2D eigenvalue weighted by atomic mass is 35.5. The number of ether oxygens (including phenoxy) is 1. The van der Waals surface area contributed by atoms with Gasteiger partial charge >= 0.3 is 6.03 Å². The Hall–Kier alpha value is -1.83. The van der Waals surface area contributed by atoms with Gasteiger partial charge in [0.05, 0.1) is 18.8 Å². The van der Waals surface area contributed by atoms with Gasteiger partial charge in [-0.25, -0.2) is 4.79 Å². The first-order valence-electron chi connectivity index (χ1n) is 9.92. The molecule has 4 N–H and O–H groups in total. The molecule has 8 heteroatoms. The molecule has 1 aliphatic heterocycles. The van der Waals surface area contributed by atoms with Crippen molar-refractivity contribution in [2.24, 2.45) is 5.92 Å². The molecule has 28 heavy (non-hydrogen) atoms. The fourth-order valence-electron chi connectivity index (χ4n) is 3.58. The highest BCUT2D eigenvalue weighted by Gasteiger charge is 2.32. The van der Waals surface area contributed by atoms with Gasteiger partial charge in [0.1, 0.15) is 6.10 Å². The lowest BCUT2D eigenvalue weighted by atomic mass is 9.85. The average molecular weight is 410 g/mol. The van der Waals surface area contributed by atoms with Gasteiger partial charge in [-0.2, -0.15) is 0 Å². The molecule has 1 aromatic carbocycles. The minimum Gasteiger partial charge on any atom is -0.394 e. The predicted octanol–water partition coefficient (Wildman–Crippen LogP) is 2.68. The van der Waals surface area contributed by atoms with Crippen molar-refractivity contribution >= 4 is 29.2 Å². The first-order valence-corrected chi connectivity index (χ1v) is 10.3. The summed E-state index contributed by atoms with van der Waals surface area (Å²) in [4.78, 5) is 24.1. The molecule has 0 unspecified atom stereocenters. The van der Waals surface area contributed by atoms with Crippen molar-refractivity contribution in [3.8, 4) is 0 Å². The van der Waals surface area contributed by atoms with Crippen LogP contribution in [-0.2, 0) is 9.53 Å². The monoisotopic (exact) mass is 409 g/mol. The van der Waals surface area contributed by atoms with Gasteiger partial charge in [-0.15, -0.1) is 0 Å². The number of urea groups is 1. The van der Waals surface area contributed by atoms with E-state index < -0.39 is 6.10 Å². The van der Waals surface area contributed by atoms with Crippen LogP contribution in [0.3, 0.4) is 0 Å². The summed E-state index contributed by atoms with van der Waals surface area (Å²) in [5.41, 5.74) is 0.599. The van der Waals surface area contributed by atoms with Crippen molar-refractivity contribution in [1.29, 1.82) is 0 Å². The molecule has 7 nitrogen and oxygen atoms in total. The van der Waals surface area contributed by atoms with Crippen molar-refractivity contribution in [2.45, 2.75) is 56.8 Å². The molecule has 1 aliphatic carbocycles. The van der Waals surface area contributed by atoms with E-state index in [1.165, 1.54) is 0 Å².